The van der Waals surface area contributed by atoms with Crippen LogP contribution in [0.3, 0.4) is 0 Å². The van der Waals surface area contributed by atoms with Gasteiger partial charge in [-0.25, -0.2) is 4.39 Å². The maximum atomic E-state index is 13.1. The highest BCUT2D eigenvalue weighted by atomic mass is 32.1. The molecule has 0 aliphatic heterocycles. The molecule has 0 aliphatic carbocycles. The zero-order valence-electron chi connectivity index (χ0n) is 7.31. The average molecular weight is 209 g/mol. The molecule has 1 heterocycles. The zero-order chi connectivity index (χ0) is 9.80. The molecule has 0 saturated heterocycles. The first kappa shape index (κ1) is 9.15. The van der Waals surface area contributed by atoms with Crippen molar-refractivity contribution < 1.29 is 9.13 Å². The summed E-state index contributed by atoms with van der Waals surface area (Å²) in [5.74, 6) is 0.439. The lowest BCUT2D eigenvalue weighted by Crippen LogP contribution is -1.97. The smallest absolute Gasteiger partial charge is 0.150 e. The summed E-state index contributed by atoms with van der Waals surface area (Å²) >= 11 is 1.31. The zero-order valence-corrected chi connectivity index (χ0v) is 8.13. The number of hydrogen-bond donors (Lipinski definition) is 0. The van der Waals surface area contributed by atoms with Gasteiger partial charge in [-0.2, -0.15) is 4.37 Å². The minimum atomic E-state index is -0.240. The Morgan fingerprint density at radius 1 is 1.36 bits per heavy atom. The predicted octanol–water partition coefficient (Wildman–Crippen LogP) is 2.86. The lowest BCUT2D eigenvalue weighted by atomic mass is 10.2. The van der Waals surface area contributed by atoms with Crippen LogP contribution < -0.4 is 4.74 Å². The highest BCUT2D eigenvalue weighted by Gasteiger charge is 2.01. The van der Waals surface area contributed by atoms with E-state index in [9.17, 15) is 4.39 Å². The third-order valence-corrected chi connectivity index (χ3v) is 2.33. The van der Waals surface area contributed by atoms with Crippen LogP contribution in [-0.4, -0.2) is 4.37 Å². The molecule has 0 aliphatic rings. The van der Waals surface area contributed by atoms with Gasteiger partial charge in [-0.15, -0.1) is 0 Å². The molecule has 72 valence electrons. The molecule has 0 radical (unpaired) electrons. The number of nitrogens with zero attached hydrogens (tertiary/aromatic N) is 1. The Balaban J connectivity index is 2.02. The standard InChI is InChI=1S/C10H8FNOS/c11-10-4-2-1-3-8(10)6-13-9-5-12-14-7-9/h1-5,7H,6H2. The Bertz CT molecular complexity index is 402. The van der Waals surface area contributed by atoms with Gasteiger partial charge in [-0.3, -0.25) is 0 Å². The lowest BCUT2D eigenvalue weighted by molar-refractivity contribution is 0.300. The van der Waals surface area contributed by atoms with E-state index in [-0.39, 0.29) is 12.4 Å². The highest BCUT2D eigenvalue weighted by molar-refractivity contribution is 7.03. The van der Waals surface area contributed by atoms with E-state index in [4.69, 9.17) is 4.74 Å². The van der Waals surface area contributed by atoms with Crippen LogP contribution in [0.2, 0.25) is 0 Å². The van der Waals surface area contributed by atoms with E-state index in [1.54, 1.807) is 29.8 Å². The predicted molar refractivity (Wildman–Crippen MR) is 52.8 cm³/mol. The van der Waals surface area contributed by atoms with Crippen LogP contribution in [0.25, 0.3) is 0 Å². The van der Waals surface area contributed by atoms with Gasteiger partial charge < -0.3 is 4.74 Å². The molecule has 0 amide bonds. The summed E-state index contributed by atoms with van der Waals surface area (Å²) in [6, 6.07) is 6.57. The fourth-order valence-corrected chi connectivity index (χ4v) is 1.50. The molecular weight excluding hydrogens is 201 g/mol. The number of hydrogen-bond acceptors (Lipinski definition) is 3. The molecule has 14 heavy (non-hydrogen) atoms. The second-order valence-electron chi connectivity index (χ2n) is 2.74. The molecule has 0 fully saturated rings. The van der Waals surface area contributed by atoms with Crippen molar-refractivity contribution in [3.63, 3.8) is 0 Å². The number of halogens is 1. The number of ether oxygens (including phenoxy) is 1. The van der Waals surface area contributed by atoms with Gasteiger partial charge in [-0.05, 0) is 17.6 Å². The van der Waals surface area contributed by atoms with Gasteiger partial charge in [0, 0.05) is 5.56 Å². The number of aromatic nitrogens is 1. The van der Waals surface area contributed by atoms with Crippen LogP contribution in [0.15, 0.2) is 35.8 Å². The number of rotatable bonds is 3. The van der Waals surface area contributed by atoms with Crippen molar-refractivity contribution in [3.8, 4) is 5.75 Å². The lowest BCUT2D eigenvalue weighted by Gasteiger charge is -2.03. The quantitative estimate of drug-likeness (QED) is 0.775. The van der Waals surface area contributed by atoms with E-state index in [0.29, 0.717) is 11.3 Å². The summed E-state index contributed by atoms with van der Waals surface area (Å²) in [5.41, 5.74) is 0.554. The third-order valence-electron chi connectivity index (χ3n) is 1.76. The van der Waals surface area contributed by atoms with E-state index in [1.807, 2.05) is 0 Å². The van der Waals surface area contributed by atoms with Crippen LogP contribution in [-0.2, 0) is 6.61 Å². The monoisotopic (exact) mass is 209 g/mol. The topological polar surface area (TPSA) is 22.1 Å². The van der Waals surface area contributed by atoms with Crippen molar-refractivity contribution >= 4 is 11.5 Å². The third kappa shape index (κ3) is 2.09. The molecular formula is C10H8FNOS. The Hall–Kier alpha value is -1.42. The minimum absolute atomic E-state index is 0.240. The van der Waals surface area contributed by atoms with Crippen LogP contribution in [0.4, 0.5) is 4.39 Å². The first-order chi connectivity index (χ1) is 6.86. The first-order valence-corrected chi connectivity index (χ1v) is 4.95. The van der Waals surface area contributed by atoms with Gasteiger partial charge in [0.15, 0.2) is 5.75 Å². The van der Waals surface area contributed by atoms with Crippen molar-refractivity contribution in [2.24, 2.45) is 0 Å². The minimum Gasteiger partial charge on any atom is -0.486 e. The first-order valence-electron chi connectivity index (χ1n) is 4.12. The number of benzene rings is 1. The molecule has 0 atom stereocenters. The Labute approximate surface area is 85.1 Å². The highest BCUT2D eigenvalue weighted by Crippen LogP contribution is 2.14. The fraction of sp³-hybridized carbons (Fsp3) is 0.100. The largest absolute Gasteiger partial charge is 0.486 e. The van der Waals surface area contributed by atoms with E-state index in [2.05, 4.69) is 4.37 Å². The Morgan fingerprint density at radius 3 is 2.93 bits per heavy atom. The van der Waals surface area contributed by atoms with Crippen molar-refractivity contribution in [2.75, 3.05) is 0 Å². The fourth-order valence-electron chi connectivity index (χ4n) is 1.04. The Morgan fingerprint density at radius 2 is 2.21 bits per heavy atom. The summed E-state index contributed by atoms with van der Waals surface area (Å²) < 4.78 is 22.3. The second-order valence-corrected chi connectivity index (χ2v) is 3.40. The molecule has 0 spiro atoms. The van der Waals surface area contributed by atoms with Gasteiger partial charge in [0.1, 0.15) is 12.4 Å². The summed E-state index contributed by atoms with van der Waals surface area (Å²) in [6.45, 7) is 0.241. The van der Waals surface area contributed by atoms with Crippen LogP contribution in [0, 0.1) is 5.82 Å². The van der Waals surface area contributed by atoms with Crippen LogP contribution in [0.1, 0.15) is 5.56 Å². The average Bonchev–Trinajstić information content (AvgIpc) is 2.69. The molecule has 0 bridgehead atoms. The van der Waals surface area contributed by atoms with Gasteiger partial charge >= 0.3 is 0 Å². The van der Waals surface area contributed by atoms with Crippen LogP contribution >= 0.6 is 11.5 Å². The van der Waals surface area contributed by atoms with Crippen LogP contribution in [0.5, 0.6) is 5.75 Å². The Kier molecular flexibility index (Phi) is 2.74. The van der Waals surface area contributed by atoms with Gasteiger partial charge in [-0.1, -0.05) is 18.2 Å². The molecule has 0 saturated carbocycles. The van der Waals surface area contributed by atoms with Gasteiger partial charge in [0.2, 0.25) is 0 Å². The van der Waals surface area contributed by atoms with Crippen molar-refractivity contribution in [3.05, 3.63) is 47.2 Å². The molecule has 4 heteroatoms. The van der Waals surface area contributed by atoms with E-state index >= 15 is 0 Å². The summed E-state index contributed by atoms with van der Waals surface area (Å²) in [4.78, 5) is 0. The molecule has 2 rings (SSSR count). The summed E-state index contributed by atoms with van der Waals surface area (Å²) in [6.07, 6.45) is 1.62. The van der Waals surface area contributed by atoms with E-state index in [0.717, 1.165) is 0 Å². The van der Waals surface area contributed by atoms with Crippen molar-refractivity contribution in [2.45, 2.75) is 6.61 Å². The van der Waals surface area contributed by atoms with Crippen molar-refractivity contribution in [1.29, 1.82) is 0 Å². The molecule has 2 nitrogen and oxygen atoms in total. The maximum absolute atomic E-state index is 13.1. The van der Waals surface area contributed by atoms with E-state index < -0.39 is 0 Å². The van der Waals surface area contributed by atoms with Gasteiger partial charge in [0.05, 0.1) is 11.6 Å². The van der Waals surface area contributed by atoms with E-state index in [1.165, 1.54) is 17.6 Å². The normalized spacial score (nSPS) is 10.1. The van der Waals surface area contributed by atoms with Crippen molar-refractivity contribution in [1.82, 2.24) is 4.37 Å². The summed E-state index contributed by atoms with van der Waals surface area (Å²) in [5, 5.41) is 1.78. The molecule has 2 aromatic rings. The maximum Gasteiger partial charge on any atom is 0.150 e. The molecule has 1 aromatic carbocycles. The SMILES string of the molecule is Fc1ccccc1COc1cnsc1. The molecule has 1 aromatic heterocycles. The molecule has 0 N–H and O–H groups in total. The second kappa shape index (κ2) is 4.19. The van der Waals surface area contributed by atoms with Gasteiger partial charge in [0.25, 0.3) is 0 Å². The summed E-state index contributed by atoms with van der Waals surface area (Å²) in [7, 11) is 0. The molecule has 0 unspecified atom stereocenters.